The summed E-state index contributed by atoms with van der Waals surface area (Å²) in [6, 6.07) is -1.46. The highest BCUT2D eigenvalue weighted by Gasteiger charge is 2.44. The number of carbonyl (C=O) groups excluding carboxylic acids is 4. The maximum Gasteiger partial charge on any atom is 0.471 e. The number of halogens is 3. The molecule has 0 saturated carbocycles. The fourth-order valence-corrected chi connectivity index (χ4v) is 10.6. The number of ether oxygens (including phenoxy) is 1. The normalized spacial score (nSPS) is 23.3. The molecule has 0 aromatic carbocycles. The van der Waals surface area contributed by atoms with Gasteiger partial charge in [-0.3, -0.25) is 24.5 Å². The van der Waals surface area contributed by atoms with Crippen LogP contribution in [0.5, 0.6) is 0 Å². The molecule has 8 atom stereocenters. The molecule has 0 aromatic heterocycles. The van der Waals surface area contributed by atoms with E-state index in [1.165, 1.54) is 0 Å². The van der Waals surface area contributed by atoms with Crippen molar-refractivity contribution in [2.75, 3.05) is 11.5 Å². The molecule has 4 aliphatic rings. The third-order valence-electron chi connectivity index (χ3n) is 10.9. The van der Waals surface area contributed by atoms with Crippen molar-refractivity contribution in [3.8, 4) is 0 Å². The van der Waals surface area contributed by atoms with Crippen LogP contribution in [-0.4, -0.2) is 128 Å². The molecule has 358 valence electrons. The highest BCUT2D eigenvalue weighted by molar-refractivity contribution is 8.00. The standard InChI is InChI=1S/C24H37F3N4O6S.C17H30N4O3S/c1-23(2,3)37-22(36)29-15(19(33)34)11-6-4-5-9-14(32)10-7-8-12-17-18-16(13-38-17)28-21(30-18)31-20(35)24(25,26)27;18-12(16(23)24)8-3-1-2-6-11(22)7-4-5-9-14-15-13(10-25-14)20-17(19)21-15/h15-18H,4-13H2,1-3H3,(H,29,36)(H,33,34)(H2,28,30,31,35);12-15H,1-10,18H2,(H,23,24)(H3,19,20,21)/t15-,16?,17-,18-;12-,13?,14-,15-/m00/s1. The van der Waals surface area contributed by atoms with E-state index in [4.69, 9.17) is 21.3 Å². The Morgan fingerprint density at radius 1 is 0.746 bits per heavy atom. The maximum atomic E-state index is 12.4. The van der Waals surface area contributed by atoms with Gasteiger partial charge in [-0.15, -0.1) is 0 Å². The Morgan fingerprint density at radius 2 is 1.24 bits per heavy atom. The monoisotopic (exact) mass is 936 g/mol. The van der Waals surface area contributed by atoms with Crippen molar-refractivity contribution in [1.29, 1.82) is 0 Å². The van der Waals surface area contributed by atoms with Crippen molar-refractivity contribution in [1.82, 2.24) is 21.3 Å². The molecule has 2 unspecified atom stereocenters. The van der Waals surface area contributed by atoms with Crippen LogP contribution in [0, 0.1) is 0 Å². The van der Waals surface area contributed by atoms with Gasteiger partial charge >= 0.3 is 30.1 Å². The third-order valence-corrected chi connectivity index (χ3v) is 13.9. The van der Waals surface area contributed by atoms with Crippen LogP contribution in [-0.2, 0) is 28.7 Å². The predicted molar refractivity (Wildman–Crippen MR) is 237 cm³/mol. The first-order valence-corrected chi connectivity index (χ1v) is 24.0. The molecule has 0 aliphatic carbocycles. The van der Waals surface area contributed by atoms with E-state index in [1.807, 2.05) is 11.8 Å². The summed E-state index contributed by atoms with van der Waals surface area (Å²) in [6.45, 7) is 5.06. The zero-order valence-electron chi connectivity index (χ0n) is 36.5. The van der Waals surface area contributed by atoms with E-state index in [0.717, 1.165) is 57.1 Å². The van der Waals surface area contributed by atoms with Gasteiger partial charge < -0.3 is 42.4 Å². The Balaban J connectivity index is 0.000000365. The fourth-order valence-electron chi connectivity index (χ4n) is 7.60. The van der Waals surface area contributed by atoms with Gasteiger partial charge in [0.05, 0.1) is 24.2 Å². The number of rotatable bonds is 25. The van der Waals surface area contributed by atoms with E-state index in [2.05, 4.69) is 25.9 Å². The number of Topliss-reactive ketones (excluding diaryl/α,β-unsaturated/α-hetero) is 2. The number of hydrogen-bond donors (Lipinski definition) is 8. The average Bonchev–Trinajstić information content (AvgIpc) is 3.95. The van der Waals surface area contributed by atoms with Crippen LogP contribution in [0.3, 0.4) is 0 Å². The molecule has 22 heteroatoms. The number of aliphatic imine (C=N–C) groups is 2. The number of carboxylic acid groups (broad SMARTS) is 2. The molecule has 63 heavy (non-hydrogen) atoms. The van der Waals surface area contributed by atoms with Crippen LogP contribution in [0.25, 0.3) is 0 Å². The SMILES string of the molecule is CC(C)(C)OC(=O)N[C@@H](CCCCCC(=O)CCCC[C@@H]1SCC2NC(NC(=O)C(F)(F)F)=N[C@@H]21)C(=O)O.NC1=N[C@H]2C(CS[C@H]2CCCCC(=O)CCCCC[C@H](N)C(=O)O)N1. The van der Waals surface area contributed by atoms with Crippen LogP contribution >= 0.6 is 23.5 Å². The zero-order valence-corrected chi connectivity index (χ0v) is 38.1. The number of nitrogens with one attached hydrogen (secondary N) is 4. The van der Waals surface area contributed by atoms with Crippen LogP contribution in [0.4, 0.5) is 18.0 Å². The molecule has 0 spiro atoms. The summed E-state index contributed by atoms with van der Waals surface area (Å²) in [6.07, 6.45) is 6.64. The van der Waals surface area contributed by atoms with Crippen molar-refractivity contribution in [3.05, 3.63) is 0 Å². The highest BCUT2D eigenvalue weighted by atomic mass is 32.2. The number of ketones is 2. The minimum Gasteiger partial charge on any atom is -0.480 e. The number of nitrogens with zero attached hydrogens (tertiary/aromatic N) is 2. The number of unbranched alkanes of at least 4 members (excludes halogenated alkanes) is 6. The van der Waals surface area contributed by atoms with E-state index in [0.29, 0.717) is 92.6 Å². The summed E-state index contributed by atoms with van der Waals surface area (Å²) in [5, 5.41) is 28.8. The molecule has 4 rings (SSSR count). The number of alkyl halides is 3. The van der Waals surface area contributed by atoms with Crippen molar-refractivity contribution >= 4 is 70.9 Å². The van der Waals surface area contributed by atoms with Gasteiger partial charge in [0.15, 0.2) is 11.9 Å². The molecule has 0 aromatic rings. The van der Waals surface area contributed by atoms with Gasteiger partial charge in [0.2, 0.25) is 0 Å². The van der Waals surface area contributed by atoms with Gasteiger partial charge in [-0.2, -0.15) is 36.7 Å². The van der Waals surface area contributed by atoms with Crippen molar-refractivity contribution in [2.24, 2.45) is 21.5 Å². The minimum atomic E-state index is -4.97. The lowest BCUT2D eigenvalue weighted by molar-refractivity contribution is -0.171. The van der Waals surface area contributed by atoms with Crippen LogP contribution < -0.4 is 32.7 Å². The third kappa shape index (κ3) is 20.3. The van der Waals surface area contributed by atoms with Gasteiger partial charge in [0.25, 0.3) is 0 Å². The number of hydrogen-bond acceptors (Lipinski definition) is 15. The lowest BCUT2D eigenvalue weighted by Gasteiger charge is -2.22. The summed E-state index contributed by atoms with van der Waals surface area (Å²) < 4.78 is 42.4. The lowest BCUT2D eigenvalue weighted by Crippen LogP contribution is -2.47. The van der Waals surface area contributed by atoms with Crippen molar-refractivity contribution < 1.29 is 56.9 Å². The Bertz CT molecular complexity index is 1620. The minimum absolute atomic E-state index is 0.111. The maximum absolute atomic E-state index is 12.4. The number of fused-ring (bicyclic) bond motifs is 2. The van der Waals surface area contributed by atoms with Gasteiger partial charge in [-0.25, -0.2) is 19.6 Å². The summed E-state index contributed by atoms with van der Waals surface area (Å²) >= 11 is 3.64. The Hall–Kier alpha value is -3.79. The van der Waals surface area contributed by atoms with E-state index < -0.39 is 47.8 Å². The molecule has 0 bridgehead atoms. The number of carbonyl (C=O) groups is 6. The summed E-state index contributed by atoms with van der Waals surface area (Å²) in [5.41, 5.74) is 10.4. The molecule has 10 N–H and O–H groups in total. The highest BCUT2D eigenvalue weighted by Crippen LogP contribution is 2.36. The van der Waals surface area contributed by atoms with E-state index in [-0.39, 0.29) is 35.5 Å². The zero-order chi connectivity index (χ0) is 46.7. The smallest absolute Gasteiger partial charge is 0.471 e. The Morgan fingerprint density at radius 3 is 1.73 bits per heavy atom. The molecular formula is C41H67F3N8O9S2. The number of aliphatic carboxylic acids is 2. The molecule has 2 saturated heterocycles. The van der Waals surface area contributed by atoms with E-state index in [1.54, 1.807) is 37.8 Å². The number of thioether (sulfide) groups is 2. The predicted octanol–water partition coefficient (Wildman–Crippen LogP) is 4.78. The summed E-state index contributed by atoms with van der Waals surface area (Å²) in [5.74, 6) is -1.54. The molecule has 0 radical (unpaired) electrons. The Kier molecular flexibility index (Phi) is 22.3. The summed E-state index contributed by atoms with van der Waals surface area (Å²) in [7, 11) is 0. The Labute approximate surface area is 375 Å². The average molecular weight is 937 g/mol. The molecule has 4 aliphatic heterocycles. The van der Waals surface area contributed by atoms with Crippen LogP contribution in [0.15, 0.2) is 9.98 Å². The quantitative estimate of drug-likeness (QED) is 0.0572. The molecule has 2 amide bonds. The summed E-state index contributed by atoms with van der Waals surface area (Å²) in [4.78, 5) is 77.7. The first-order chi connectivity index (χ1) is 29.6. The largest absolute Gasteiger partial charge is 0.480 e. The van der Waals surface area contributed by atoms with E-state index >= 15 is 0 Å². The van der Waals surface area contributed by atoms with Crippen molar-refractivity contribution in [3.63, 3.8) is 0 Å². The second-order valence-corrected chi connectivity index (χ2v) is 20.0. The van der Waals surface area contributed by atoms with Gasteiger partial charge in [0.1, 0.15) is 29.3 Å². The van der Waals surface area contributed by atoms with Gasteiger partial charge in [-0.05, 0) is 72.1 Å². The topological polar surface area (TPSA) is 277 Å². The second-order valence-electron chi connectivity index (χ2n) is 17.4. The second kappa shape index (κ2) is 26.2. The first-order valence-electron chi connectivity index (χ1n) is 21.9. The van der Waals surface area contributed by atoms with Gasteiger partial charge in [0, 0.05) is 47.7 Å². The van der Waals surface area contributed by atoms with E-state index in [9.17, 15) is 47.0 Å². The lowest BCUT2D eigenvalue weighted by atomic mass is 10.0. The van der Waals surface area contributed by atoms with Gasteiger partial charge in [-0.1, -0.05) is 38.5 Å². The molecule has 2 fully saturated rings. The molecule has 17 nitrogen and oxygen atoms in total. The molecular weight excluding hydrogens is 870 g/mol. The van der Waals surface area contributed by atoms with Crippen molar-refractivity contribution in [2.45, 2.75) is 195 Å². The first kappa shape index (κ1) is 53.5. The fraction of sp³-hybridized carbons (Fsp3) is 0.805. The number of carboxylic acids is 2. The molecule has 4 heterocycles. The number of amides is 2. The van der Waals surface area contributed by atoms with Crippen LogP contribution in [0.1, 0.15) is 136 Å². The number of alkyl carbamates (subject to hydrolysis) is 1. The number of nitrogens with two attached hydrogens (primary N) is 2. The van der Waals surface area contributed by atoms with Crippen LogP contribution in [0.2, 0.25) is 0 Å². The number of guanidine groups is 2.